The van der Waals surface area contributed by atoms with E-state index in [-0.39, 0.29) is 23.8 Å². The Morgan fingerprint density at radius 1 is 1.04 bits per heavy atom. The van der Waals surface area contributed by atoms with Crippen LogP contribution in [0.25, 0.3) is 0 Å². The maximum atomic E-state index is 12.4. The normalized spacial score (nSPS) is 18.5. The SMILES string of the molecule is NC[C@H]1CCC[C@H]1C(=O)NCc1cccc(NC(=O)NCc2ccncc2)c1. The van der Waals surface area contributed by atoms with E-state index >= 15 is 0 Å². The third kappa shape index (κ3) is 5.53. The summed E-state index contributed by atoms with van der Waals surface area (Å²) >= 11 is 0. The number of carbonyl (C=O) groups excluding carboxylic acids is 2. The van der Waals surface area contributed by atoms with Gasteiger partial charge < -0.3 is 21.7 Å². The maximum absolute atomic E-state index is 12.4. The zero-order chi connectivity index (χ0) is 19.8. The topological polar surface area (TPSA) is 109 Å². The molecule has 0 bridgehead atoms. The lowest BCUT2D eigenvalue weighted by molar-refractivity contribution is -0.126. The summed E-state index contributed by atoms with van der Waals surface area (Å²) in [7, 11) is 0. The molecular weight excluding hydrogens is 354 g/mol. The van der Waals surface area contributed by atoms with Crippen LogP contribution in [0.3, 0.4) is 0 Å². The highest BCUT2D eigenvalue weighted by atomic mass is 16.2. The Labute approximate surface area is 165 Å². The number of rotatable bonds is 7. The Kier molecular flexibility index (Phi) is 6.97. The van der Waals surface area contributed by atoms with Crippen LogP contribution in [0.15, 0.2) is 48.8 Å². The Hall–Kier alpha value is -2.93. The number of pyridine rings is 1. The second-order valence-electron chi connectivity index (χ2n) is 7.11. The lowest BCUT2D eigenvalue weighted by Gasteiger charge is -2.17. The van der Waals surface area contributed by atoms with E-state index in [9.17, 15) is 9.59 Å². The average Bonchev–Trinajstić information content (AvgIpc) is 3.20. The van der Waals surface area contributed by atoms with Gasteiger partial charge in [-0.15, -0.1) is 0 Å². The van der Waals surface area contributed by atoms with Crippen LogP contribution in [0.4, 0.5) is 10.5 Å². The fourth-order valence-corrected chi connectivity index (χ4v) is 3.60. The molecule has 148 valence electrons. The maximum Gasteiger partial charge on any atom is 0.319 e. The summed E-state index contributed by atoms with van der Waals surface area (Å²) in [6, 6.07) is 10.9. The molecule has 1 aliphatic rings. The summed E-state index contributed by atoms with van der Waals surface area (Å²) in [6.45, 7) is 1.42. The van der Waals surface area contributed by atoms with Gasteiger partial charge in [-0.2, -0.15) is 0 Å². The van der Waals surface area contributed by atoms with Gasteiger partial charge in [0.25, 0.3) is 0 Å². The fraction of sp³-hybridized carbons (Fsp3) is 0.381. The van der Waals surface area contributed by atoms with Crippen LogP contribution in [0, 0.1) is 11.8 Å². The van der Waals surface area contributed by atoms with Gasteiger partial charge in [0.05, 0.1) is 0 Å². The van der Waals surface area contributed by atoms with E-state index in [1.54, 1.807) is 12.4 Å². The summed E-state index contributed by atoms with van der Waals surface area (Å²) in [5, 5.41) is 8.63. The van der Waals surface area contributed by atoms with Crippen LogP contribution >= 0.6 is 0 Å². The average molecular weight is 381 g/mol. The van der Waals surface area contributed by atoms with Crippen molar-refractivity contribution in [3.05, 3.63) is 59.9 Å². The molecule has 28 heavy (non-hydrogen) atoms. The number of amides is 3. The second-order valence-corrected chi connectivity index (χ2v) is 7.11. The van der Waals surface area contributed by atoms with Gasteiger partial charge in [-0.25, -0.2) is 4.79 Å². The minimum absolute atomic E-state index is 0.0188. The smallest absolute Gasteiger partial charge is 0.319 e. The summed E-state index contributed by atoms with van der Waals surface area (Å²) in [5.74, 6) is 0.378. The first-order valence-corrected chi connectivity index (χ1v) is 9.66. The molecule has 2 aromatic rings. The number of carbonyl (C=O) groups is 2. The molecule has 1 saturated carbocycles. The number of aromatic nitrogens is 1. The van der Waals surface area contributed by atoms with Crippen molar-refractivity contribution in [3.8, 4) is 0 Å². The Balaban J connectivity index is 1.48. The second kappa shape index (κ2) is 9.85. The first kappa shape index (κ1) is 19.8. The molecule has 3 amide bonds. The molecule has 1 fully saturated rings. The standard InChI is InChI=1S/C21H27N5O2/c22-12-17-4-2-6-19(17)20(27)24-14-16-3-1-5-18(11-16)26-21(28)25-13-15-7-9-23-10-8-15/h1,3,5,7-11,17,19H,2,4,6,12-14,22H2,(H,24,27)(H2,25,26,28)/t17-,19-/m1/s1. The van der Waals surface area contributed by atoms with Crippen molar-refractivity contribution in [2.75, 3.05) is 11.9 Å². The van der Waals surface area contributed by atoms with Crippen molar-refractivity contribution in [2.24, 2.45) is 17.6 Å². The molecular formula is C21H27N5O2. The molecule has 0 spiro atoms. The third-order valence-electron chi connectivity index (χ3n) is 5.15. The monoisotopic (exact) mass is 381 g/mol. The van der Waals surface area contributed by atoms with E-state index in [0.717, 1.165) is 30.4 Å². The lowest BCUT2D eigenvalue weighted by atomic mass is 9.95. The van der Waals surface area contributed by atoms with Crippen molar-refractivity contribution in [1.29, 1.82) is 0 Å². The molecule has 2 atom stereocenters. The number of nitrogens with zero attached hydrogens (tertiary/aromatic N) is 1. The summed E-state index contributed by atoms with van der Waals surface area (Å²) in [4.78, 5) is 28.5. The van der Waals surface area contributed by atoms with Crippen LogP contribution < -0.4 is 21.7 Å². The number of hydrogen-bond donors (Lipinski definition) is 4. The molecule has 1 aliphatic carbocycles. The molecule has 7 nitrogen and oxygen atoms in total. The van der Waals surface area contributed by atoms with E-state index < -0.39 is 0 Å². The molecule has 0 saturated heterocycles. The number of nitrogens with two attached hydrogens (primary N) is 1. The Morgan fingerprint density at radius 2 is 1.82 bits per heavy atom. The summed E-state index contributed by atoms with van der Waals surface area (Å²) in [5.41, 5.74) is 8.36. The zero-order valence-corrected chi connectivity index (χ0v) is 15.9. The molecule has 0 aliphatic heterocycles. The number of nitrogens with one attached hydrogen (secondary N) is 3. The lowest BCUT2D eigenvalue weighted by Crippen LogP contribution is -2.34. The van der Waals surface area contributed by atoms with E-state index in [2.05, 4.69) is 20.9 Å². The predicted octanol–water partition coefficient (Wildman–Crippen LogP) is 2.39. The van der Waals surface area contributed by atoms with E-state index in [1.165, 1.54) is 0 Å². The van der Waals surface area contributed by atoms with Crippen molar-refractivity contribution >= 4 is 17.6 Å². The number of urea groups is 1. The van der Waals surface area contributed by atoms with Gasteiger partial charge in [0.1, 0.15) is 0 Å². The minimum atomic E-state index is -0.283. The van der Waals surface area contributed by atoms with Gasteiger partial charge in [-0.1, -0.05) is 18.6 Å². The molecule has 5 N–H and O–H groups in total. The van der Waals surface area contributed by atoms with Crippen molar-refractivity contribution in [3.63, 3.8) is 0 Å². The van der Waals surface area contributed by atoms with Crippen LogP contribution in [-0.4, -0.2) is 23.5 Å². The third-order valence-corrected chi connectivity index (χ3v) is 5.15. The molecule has 3 rings (SSSR count). The first-order valence-electron chi connectivity index (χ1n) is 9.66. The number of hydrogen-bond acceptors (Lipinski definition) is 4. The van der Waals surface area contributed by atoms with Crippen molar-refractivity contribution < 1.29 is 9.59 Å². The van der Waals surface area contributed by atoms with Gasteiger partial charge in [0.2, 0.25) is 5.91 Å². The minimum Gasteiger partial charge on any atom is -0.352 e. The van der Waals surface area contributed by atoms with Gasteiger partial charge >= 0.3 is 6.03 Å². The van der Waals surface area contributed by atoms with Gasteiger partial charge in [0.15, 0.2) is 0 Å². The highest BCUT2D eigenvalue weighted by Gasteiger charge is 2.31. The highest BCUT2D eigenvalue weighted by molar-refractivity contribution is 5.89. The molecule has 7 heteroatoms. The fourth-order valence-electron chi connectivity index (χ4n) is 3.60. The highest BCUT2D eigenvalue weighted by Crippen LogP contribution is 2.31. The van der Waals surface area contributed by atoms with E-state index in [4.69, 9.17) is 5.73 Å². The summed E-state index contributed by atoms with van der Waals surface area (Å²) < 4.78 is 0. The van der Waals surface area contributed by atoms with E-state index in [0.29, 0.717) is 25.3 Å². The van der Waals surface area contributed by atoms with Gasteiger partial charge in [-0.3, -0.25) is 9.78 Å². The van der Waals surface area contributed by atoms with Crippen molar-refractivity contribution in [2.45, 2.75) is 32.4 Å². The zero-order valence-electron chi connectivity index (χ0n) is 15.9. The molecule has 0 unspecified atom stereocenters. The van der Waals surface area contributed by atoms with Crippen LogP contribution in [-0.2, 0) is 17.9 Å². The van der Waals surface area contributed by atoms with Gasteiger partial charge in [0, 0.05) is 37.1 Å². The van der Waals surface area contributed by atoms with Gasteiger partial charge in [-0.05, 0) is 60.7 Å². The van der Waals surface area contributed by atoms with Crippen LogP contribution in [0.5, 0.6) is 0 Å². The first-order chi connectivity index (χ1) is 13.7. The predicted molar refractivity (Wildman–Crippen MR) is 108 cm³/mol. The quantitative estimate of drug-likeness (QED) is 0.590. The van der Waals surface area contributed by atoms with Crippen LogP contribution in [0.2, 0.25) is 0 Å². The molecule has 1 heterocycles. The molecule has 1 aromatic heterocycles. The van der Waals surface area contributed by atoms with Crippen molar-refractivity contribution in [1.82, 2.24) is 15.6 Å². The van der Waals surface area contributed by atoms with E-state index in [1.807, 2.05) is 36.4 Å². The number of anilines is 1. The largest absolute Gasteiger partial charge is 0.352 e. The van der Waals surface area contributed by atoms with Crippen LogP contribution in [0.1, 0.15) is 30.4 Å². The Morgan fingerprint density at radius 3 is 2.61 bits per heavy atom. The Bertz CT molecular complexity index is 796. The summed E-state index contributed by atoms with van der Waals surface area (Å²) in [6.07, 6.45) is 6.38. The molecule has 0 radical (unpaired) electrons. The molecule has 1 aromatic carbocycles. The number of benzene rings is 1.